The van der Waals surface area contributed by atoms with Gasteiger partial charge in [0.1, 0.15) is 5.75 Å². The summed E-state index contributed by atoms with van der Waals surface area (Å²) in [6.45, 7) is 11.1. The van der Waals surface area contributed by atoms with E-state index in [1.807, 2.05) is 12.1 Å². The Morgan fingerprint density at radius 2 is 1.79 bits per heavy atom. The number of benzene rings is 1. The molecule has 5 fully saturated rings. The van der Waals surface area contributed by atoms with Crippen LogP contribution in [0.3, 0.4) is 0 Å². The highest BCUT2D eigenvalue weighted by Gasteiger charge is 2.65. The molecule has 236 valence electrons. The van der Waals surface area contributed by atoms with Crippen LogP contribution in [-0.4, -0.2) is 30.4 Å². The monoisotopic (exact) mass is 587 g/mol. The zero-order chi connectivity index (χ0) is 29.8. The van der Waals surface area contributed by atoms with Crippen LogP contribution in [-0.2, 0) is 22.5 Å². The number of methoxy groups -OCH3 is 1. The lowest BCUT2D eigenvalue weighted by Gasteiger charge is -2.61. The van der Waals surface area contributed by atoms with E-state index in [1.165, 1.54) is 75.5 Å². The molecular formula is C39H57NO3. The predicted octanol–water partition coefficient (Wildman–Crippen LogP) is 9.24. The summed E-state index contributed by atoms with van der Waals surface area (Å²) in [5.74, 6) is 6.54. The summed E-state index contributed by atoms with van der Waals surface area (Å²) < 4.78 is 18.9. The van der Waals surface area contributed by atoms with E-state index in [0.717, 1.165) is 48.4 Å². The van der Waals surface area contributed by atoms with Crippen molar-refractivity contribution in [3.05, 3.63) is 53.9 Å². The predicted molar refractivity (Wildman–Crippen MR) is 173 cm³/mol. The van der Waals surface area contributed by atoms with Crippen LogP contribution in [0.1, 0.15) is 103 Å². The molecule has 1 aliphatic heterocycles. The highest BCUT2D eigenvalue weighted by molar-refractivity contribution is 5.26. The van der Waals surface area contributed by atoms with Crippen molar-refractivity contribution < 1.29 is 14.2 Å². The number of fused-ring (bicyclic) bond motifs is 7. The topological polar surface area (TPSA) is 43.5 Å². The maximum absolute atomic E-state index is 7.01. The second kappa shape index (κ2) is 11.9. The minimum atomic E-state index is 0.410. The molecule has 1 N–H and O–H groups in total. The van der Waals surface area contributed by atoms with Gasteiger partial charge in [-0.25, -0.2) is 0 Å². The van der Waals surface area contributed by atoms with Gasteiger partial charge in [-0.05, 0) is 153 Å². The maximum Gasteiger partial charge on any atom is 0.118 e. The molecule has 7 rings (SSSR count). The summed E-state index contributed by atoms with van der Waals surface area (Å²) in [5.41, 5.74) is 3.58. The molecule has 0 spiro atoms. The van der Waals surface area contributed by atoms with E-state index < -0.39 is 0 Å². The summed E-state index contributed by atoms with van der Waals surface area (Å²) in [7, 11) is 1.73. The Hall–Kier alpha value is -1.78. The van der Waals surface area contributed by atoms with Crippen LogP contribution in [0.25, 0.3) is 0 Å². The fraction of sp³-hybridized carbons (Fsp3) is 0.744. The van der Waals surface area contributed by atoms with Crippen molar-refractivity contribution in [3.63, 3.8) is 0 Å². The van der Waals surface area contributed by atoms with Crippen molar-refractivity contribution in [3.8, 4) is 5.75 Å². The molecule has 4 nitrogen and oxygen atoms in total. The highest BCUT2D eigenvalue weighted by Crippen LogP contribution is 2.70. The fourth-order valence-electron chi connectivity index (χ4n) is 11.7. The van der Waals surface area contributed by atoms with Crippen LogP contribution in [0, 0.1) is 52.3 Å². The maximum atomic E-state index is 7.01. The number of aromatic nitrogens is 1. The van der Waals surface area contributed by atoms with Crippen LogP contribution in [0.2, 0.25) is 0 Å². The van der Waals surface area contributed by atoms with Gasteiger partial charge in [-0.3, -0.25) is 0 Å². The molecule has 5 aliphatic rings. The average molecular weight is 588 g/mol. The standard InChI is InChI=1S/C39H57NO3/c1-25(21-29-7-6-20-40-29)8-15-35-26(2)37-36(43-35)23-34-32-14-11-28-22-31(42-24-27-9-12-30(41-5)13-10-27)16-18-38(28,3)33(32)17-19-39(34,37)4/h6-7,9-10,12-13,20,25-26,28,31-37,40H,8,11,14-19,21-24H2,1-5H3/t25-,26+,28+,31-,32+,33-,34-,35+,36-,37-,38-,39-/m0/s1. The van der Waals surface area contributed by atoms with Gasteiger partial charge in [0.05, 0.1) is 32.0 Å². The molecule has 0 amide bonds. The SMILES string of the molecule is COc1ccc(CO[C@H]2CC[C@@]3(C)[C@H](CC[C@@H]4[C@@H]3CC[C@]3(C)[C@H]5[C@H](C)[C@@H](CC[C@H](C)Cc6ccc[nH]6)O[C@H]5C[C@@H]43)C2)cc1. The number of aromatic amines is 1. The molecule has 4 heteroatoms. The van der Waals surface area contributed by atoms with E-state index in [9.17, 15) is 0 Å². The molecule has 0 bridgehead atoms. The number of hydrogen-bond donors (Lipinski definition) is 1. The lowest BCUT2D eigenvalue weighted by molar-refractivity contribution is -0.139. The smallest absolute Gasteiger partial charge is 0.118 e. The molecule has 4 saturated carbocycles. The van der Waals surface area contributed by atoms with Gasteiger partial charge in [-0.2, -0.15) is 0 Å². The Kier molecular flexibility index (Phi) is 8.25. The normalized spacial score (nSPS) is 42.5. The third kappa shape index (κ3) is 5.41. The minimum absolute atomic E-state index is 0.410. The molecule has 1 saturated heterocycles. The van der Waals surface area contributed by atoms with E-state index in [4.69, 9.17) is 14.2 Å². The van der Waals surface area contributed by atoms with Gasteiger partial charge in [0.15, 0.2) is 0 Å². The van der Waals surface area contributed by atoms with Gasteiger partial charge in [-0.15, -0.1) is 0 Å². The summed E-state index contributed by atoms with van der Waals surface area (Å²) in [4.78, 5) is 3.39. The van der Waals surface area contributed by atoms with Crippen molar-refractivity contribution in [2.75, 3.05) is 7.11 Å². The van der Waals surface area contributed by atoms with Crippen LogP contribution >= 0.6 is 0 Å². The van der Waals surface area contributed by atoms with Crippen LogP contribution in [0.15, 0.2) is 42.6 Å². The Morgan fingerprint density at radius 1 is 0.977 bits per heavy atom. The van der Waals surface area contributed by atoms with Crippen molar-refractivity contribution in [1.82, 2.24) is 4.98 Å². The zero-order valence-electron chi connectivity index (χ0n) is 27.5. The van der Waals surface area contributed by atoms with E-state index in [0.29, 0.717) is 41.0 Å². The van der Waals surface area contributed by atoms with Crippen molar-refractivity contribution in [2.45, 2.75) is 123 Å². The first-order valence-electron chi connectivity index (χ1n) is 17.8. The van der Waals surface area contributed by atoms with Crippen molar-refractivity contribution >= 4 is 0 Å². The average Bonchev–Trinajstić information content (AvgIpc) is 3.71. The Balaban J connectivity index is 0.952. The number of nitrogens with one attached hydrogen (secondary N) is 1. The molecular weight excluding hydrogens is 530 g/mol. The minimum Gasteiger partial charge on any atom is -0.497 e. The third-order valence-electron chi connectivity index (χ3n) is 14.0. The first-order valence-corrected chi connectivity index (χ1v) is 17.8. The number of H-pyrrole nitrogens is 1. The molecule has 4 aliphatic carbocycles. The van der Waals surface area contributed by atoms with Gasteiger partial charge < -0.3 is 19.2 Å². The van der Waals surface area contributed by atoms with Crippen LogP contribution in [0.5, 0.6) is 5.75 Å². The summed E-state index contributed by atoms with van der Waals surface area (Å²) in [6, 6.07) is 12.7. The second-order valence-corrected chi connectivity index (χ2v) is 16.2. The van der Waals surface area contributed by atoms with Crippen molar-refractivity contribution in [2.24, 2.45) is 52.3 Å². The third-order valence-corrected chi connectivity index (χ3v) is 14.0. The van der Waals surface area contributed by atoms with Gasteiger partial charge in [-0.1, -0.05) is 39.8 Å². The quantitative estimate of drug-likeness (QED) is 0.318. The molecule has 2 aromatic rings. The number of rotatable bonds is 9. The Labute approximate surface area is 261 Å². The lowest BCUT2D eigenvalue weighted by Crippen LogP contribution is -2.54. The lowest BCUT2D eigenvalue weighted by atomic mass is 9.44. The first-order chi connectivity index (χ1) is 20.8. The molecule has 12 atom stereocenters. The molecule has 1 aromatic heterocycles. The number of hydrogen-bond acceptors (Lipinski definition) is 3. The molecule has 0 unspecified atom stereocenters. The zero-order valence-corrected chi connectivity index (χ0v) is 27.5. The van der Waals surface area contributed by atoms with E-state index in [-0.39, 0.29) is 0 Å². The van der Waals surface area contributed by atoms with Crippen LogP contribution in [0.4, 0.5) is 0 Å². The van der Waals surface area contributed by atoms with Gasteiger partial charge in [0.2, 0.25) is 0 Å². The fourth-order valence-corrected chi connectivity index (χ4v) is 11.7. The molecule has 2 heterocycles. The van der Waals surface area contributed by atoms with E-state index in [1.54, 1.807) is 7.11 Å². The highest BCUT2D eigenvalue weighted by atomic mass is 16.5. The summed E-state index contributed by atoms with van der Waals surface area (Å²) >= 11 is 0. The van der Waals surface area contributed by atoms with Gasteiger partial charge >= 0.3 is 0 Å². The Morgan fingerprint density at radius 3 is 2.56 bits per heavy atom. The largest absolute Gasteiger partial charge is 0.497 e. The number of ether oxygens (including phenoxy) is 3. The van der Waals surface area contributed by atoms with Crippen LogP contribution < -0.4 is 4.74 Å². The van der Waals surface area contributed by atoms with E-state index >= 15 is 0 Å². The molecule has 0 radical (unpaired) electrons. The van der Waals surface area contributed by atoms with Gasteiger partial charge in [0.25, 0.3) is 0 Å². The molecule has 1 aromatic carbocycles. The van der Waals surface area contributed by atoms with Gasteiger partial charge in [0, 0.05) is 11.9 Å². The Bertz CT molecular complexity index is 1210. The second-order valence-electron chi connectivity index (χ2n) is 16.2. The summed E-state index contributed by atoms with van der Waals surface area (Å²) in [5, 5.41) is 0. The molecule has 43 heavy (non-hydrogen) atoms. The van der Waals surface area contributed by atoms with E-state index in [2.05, 4.69) is 63.1 Å². The van der Waals surface area contributed by atoms with Crippen molar-refractivity contribution in [1.29, 1.82) is 0 Å². The first kappa shape index (κ1) is 29.9. The summed E-state index contributed by atoms with van der Waals surface area (Å²) in [6.07, 6.45) is 17.9.